The summed E-state index contributed by atoms with van der Waals surface area (Å²) < 4.78 is 0. The van der Waals surface area contributed by atoms with Crippen molar-refractivity contribution >= 4 is 17.4 Å². The molecule has 2 heterocycles. The number of anilines is 2. The van der Waals surface area contributed by atoms with Crippen LogP contribution in [0.1, 0.15) is 60.1 Å². The molecule has 7 nitrogen and oxygen atoms in total. The van der Waals surface area contributed by atoms with E-state index in [-0.39, 0.29) is 5.56 Å². The number of aromatic nitrogens is 2. The first kappa shape index (κ1) is 19.1. The van der Waals surface area contributed by atoms with Crippen LogP contribution in [0.25, 0.3) is 0 Å². The zero-order chi connectivity index (χ0) is 20.1. The van der Waals surface area contributed by atoms with E-state index in [0.717, 1.165) is 16.7 Å². The molecule has 1 aromatic heterocycles. The Labute approximate surface area is 158 Å². The molecular weight excluding hydrogens is 344 g/mol. The van der Waals surface area contributed by atoms with Crippen LogP contribution in [0.5, 0.6) is 0 Å². The van der Waals surface area contributed by atoms with Crippen molar-refractivity contribution in [3.63, 3.8) is 0 Å². The minimum atomic E-state index is -1.83. The molecule has 0 bridgehead atoms. The number of benzene rings is 1. The highest BCUT2D eigenvalue weighted by Gasteiger charge is 2.51. The molecule has 2 atom stereocenters. The number of nitroso groups, excluding NO2 is 1. The highest BCUT2D eigenvalue weighted by atomic mass is 16.3. The van der Waals surface area contributed by atoms with E-state index in [1.54, 1.807) is 6.92 Å². The van der Waals surface area contributed by atoms with Crippen molar-refractivity contribution < 1.29 is 9.90 Å². The van der Waals surface area contributed by atoms with Gasteiger partial charge in [0.2, 0.25) is 0 Å². The highest BCUT2D eigenvalue weighted by molar-refractivity contribution is 6.11. The van der Waals surface area contributed by atoms with Crippen molar-refractivity contribution in [3.05, 3.63) is 50.8 Å². The smallest absolute Gasteiger partial charge is 0.269 e. The van der Waals surface area contributed by atoms with Crippen molar-refractivity contribution in [1.29, 1.82) is 0 Å². The topological polar surface area (TPSA) is 95.7 Å². The summed E-state index contributed by atoms with van der Waals surface area (Å²) in [4.78, 5) is 34.9. The fraction of sp³-hybridized carbons (Fsp3) is 0.450. The molecule has 0 fully saturated rings. The minimum Gasteiger partial charge on any atom is -0.375 e. The molecule has 2 aromatic rings. The van der Waals surface area contributed by atoms with E-state index in [9.17, 15) is 14.8 Å². The molecule has 3 rings (SSSR count). The van der Waals surface area contributed by atoms with Gasteiger partial charge in [-0.05, 0) is 52.2 Å². The van der Waals surface area contributed by atoms with E-state index in [2.05, 4.69) is 15.1 Å². The predicted octanol–water partition coefficient (Wildman–Crippen LogP) is 3.81. The summed E-state index contributed by atoms with van der Waals surface area (Å²) in [5, 5.41) is 14.2. The third kappa shape index (κ3) is 2.82. The number of carbonyl (C=O) groups excluding carboxylic acids is 1. The van der Waals surface area contributed by atoms with Gasteiger partial charge in [-0.1, -0.05) is 29.8 Å². The van der Waals surface area contributed by atoms with Gasteiger partial charge in [0.1, 0.15) is 11.9 Å². The molecule has 7 heteroatoms. The normalized spacial score (nSPS) is 20.0. The number of aliphatic hydroxyl groups is 1. The number of amides is 1. The second-order valence-corrected chi connectivity index (χ2v) is 7.34. The molecule has 27 heavy (non-hydrogen) atoms. The van der Waals surface area contributed by atoms with Gasteiger partial charge in [0, 0.05) is 0 Å². The number of fused-ring (bicyclic) bond motifs is 1. The van der Waals surface area contributed by atoms with Gasteiger partial charge < -0.3 is 5.11 Å². The lowest BCUT2D eigenvalue weighted by atomic mass is 9.93. The first-order valence-electron chi connectivity index (χ1n) is 8.99. The van der Waals surface area contributed by atoms with Gasteiger partial charge in [0.15, 0.2) is 11.4 Å². The Balaban J connectivity index is 2.36. The quantitative estimate of drug-likeness (QED) is 0.828. The Morgan fingerprint density at radius 3 is 2.30 bits per heavy atom. The molecule has 0 saturated carbocycles. The van der Waals surface area contributed by atoms with Crippen LogP contribution in [0, 0.1) is 32.6 Å². The number of carbonyl (C=O) groups is 1. The van der Waals surface area contributed by atoms with Crippen LogP contribution in [0.4, 0.5) is 11.5 Å². The maximum atomic E-state index is 13.2. The van der Waals surface area contributed by atoms with E-state index in [0.29, 0.717) is 29.4 Å². The molecule has 1 aliphatic heterocycles. The Morgan fingerprint density at radius 1 is 1.19 bits per heavy atom. The summed E-state index contributed by atoms with van der Waals surface area (Å²) in [6, 6.07) is 3.22. The largest absolute Gasteiger partial charge is 0.375 e. The summed E-state index contributed by atoms with van der Waals surface area (Å²) in [6.07, 6.45) is 0.416. The molecule has 0 spiro atoms. The van der Waals surface area contributed by atoms with Gasteiger partial charge in [-0.15, -0.1) is 0 Å². The van der Waals surface area contributed by atoms with Crippen LogP contribution in [0.2, 0.25) is 0 Å². The summed E-state index contributed by atoms with van der Waals surface area (Å²) in [7, 11) is 0. The second-order valence-electron chi connectivity index (χ2n) is 7.34. The highest BCUT2D eigenvalue weighted by Crippen LogP contribution is 2.47. The van der Waals surface area contributed by atoms with E-state index >= 15 is 0 Å². The van der Waals surface area contributed by atoms with Gasteiger partial charge in [0.05, 0.1) is 16.9 Å². The molecule has 0 radical (unpaired) electrons. The molecular formula is C20H24N4O3. The van der Waals surface area contributed by atoms with E-state index in [1.165, 1.54) is 11.8 Å². The number of rotatable bonds is 4. The van der Waals surface area contributed by atoms with E-state index in [1.807, 2.05) is 39.8 Å². The first-order chi connectivity index (χ1) is 12.6. The van der Waals surface area contributed by atoms with Crippen LogP contribution in [-0.2, 0) is 10.4 Å². The maximum absolute atomic E-state index is 13.2. The molecule has 1 aliphatic rings. The monoisotopic (exact) mass is 368 g/mol. The van der Waals surface area contributed by atoms with Crippen LogP contribution < -0.4 is 4.90 Å². The fourth-order valence-electron chi connectivity index (χ4n) is 3.92. The van der Waals surface area contributed by atoms with Crippen LogP contribution in [0.3, 0.4) is 0 Å². The zero-order valence-electron chi connectivity index (χ0n) is 16.5. The average molecular weight is 368 g/mol. The lowest BCUT2D eigenvalue weighted by Crippen LogP contribution is -2.36. The SMILES string of the molecule is CCC(N=O)c1nc(C)nc2c1C(C)(O)C(=O)N2c1c(C)cc(C)cc1C. The lowest BCUT2D eigenvalue weighted by molar-refractivity contribution is -0.133. The lowest BCUT2D eigenvalue weighted by Gasteiger charge is -2.23. The number of hydrogen-bond donors (Lipinski definition) is 1. The number of nitrogens with zero attached hydrogens (tertiary/aromatic N) is 4. The van der Waals surface area contributed by atoms with E-state index < -0.39 is 17.6 Å². The second kappa shape index (κ2) is 6.49. The van der Waals surface area contributed by atoms with Crippen LogP contribution in [0.15, 0.2) is 17.3 Å². The van der Waals surface area contributed by atoms with Crippen LogP contribution in [-0.4, -0.2) is 21.0 Å². The Bertz CT molecular complexity index is 929. The standard InChI is InChI=1S/C20H24N4O3/c1-7-14(23-27)16-15-18(22-13(5)21-16)24(19(25)20(15,6)26)17-11(3)8-10(2)9-12(17)4/h8-9,14,26H,7H2,1-6H3. The summed E-state index contributed by atoms with van der Waals surface area (Å²) in [5.74, 6) is 0.239. The molecule has 0 saturated heterocycles. The molecule has 1 aromatic carbocycles. The zero-order valence-corrected chi connectivity index (χ0v) is 16.5. The van der Waals surface area contributed by atoms with Crippen molar-refractivity contribution in [2.75, 3.05) is 4.90 Å². The third-order valence-electron chi connectivity index (χ3n) is 5.04. The van der Waals surface area contributed by atoms with Crippen LogP contribution >= 0.6 is 0 Å². The van der Waals surface area contributed by atoms with Gasteiger partial charge in [0.25, 0.3) is 5.91 Å². The predicted molar refractivity (Wildman–Crippen MR) is 103 cm³/mol. The summed E-state index contributed by atoms with van der Waals surface area (Å²) in [6.45, 7) is 10.8. The molecule has 1 amide bonds. The number of aryl methyl sites for hydroxylation is 4. The average Bonchev–Trinajstić information content (AvgIpc) is 2.75. The summed E-state index contributed by atoms with van der Waals surface area (Å²) in [5.41, 5.74) is 2.34. The molecule has 1 N–H and O–H groups in total. The van der Waals surface area contributed by atoms with Crippen molar-refractivity contribution in [2.24, 2.45) is 5.18 Å². The number of hydrogen-bond acceptors (Lipinski definition) is 6. The summed E-state index contributed by atoms with van der Waals surface area (Å²) >= 11 is 0. The van der Waals surface area contributed by atoms with Gasteiger partial charge in [-0.3, -0.25) is 9.69 Å². The van der Waals surface area contributed by atoms with E-state index in [4.69, 9.17) is 0 Å². The van der Waals surface area contributed by atoms with Gasteiger partial charge >= 0.3 is 0 Å². The molecule has 142 valence electrons. The van der Waals surface area contributed by atoms with Crippen molar-refractivity contribution in [3.8, 4) is 0 Å². The molecule has 0 aliphatic carbocycles. The fourth-order valence-corrected chi connectivity index (χ4v) is 3.92. The minimum absolute atomic E-state index is 0.268. The molecule has 2 unspecified atom stereocenters. The van der Waals surface area contributed by atoms with Crippen molar-refractivity contribution in [1.82, 2.24) is 9.97 Å². The Kier molecular flexibility index (Phi) is 4.59. The van der Waals surface area contributed by atoms with Crippen molar-refractivity contribution in [2.45, 2.75) is 59.6 Å². The third-order valence-corrected chi connectivity index (χ3v) is 5.04. The first-order valence-corrected chi connectivity index (χ1v) is 8.99. The maximum Gasteiger partial charge on any atom is 0.269 e. The van der Waals surface area contributed by atoms with Gasteiger partial charge in [-0.25, -0.2) is 9.97 Å². The Morgan fingerprint density at radius 2 is 1.78 bits per heavy atom. The Hall–Kier alpha value is -2.67. The van der Waals surface area contributed by atoms with Gasteiger partial charge in [-0.2, -0.15) is 4.91 Å².